The first-order valence-electron chi connectivity index (χ1n) is 8.98. The van der Waals surface area contributed by atoms with Gasteiger partial charge in [-0.25, -0.2) is 9.97 Å². The highest BCUT2D eigenvalue weighted by molar-refractivity contribution is 5.95. The molecule has 1 saturated heterocycles. The van der Waals surface area contributed by atoms with Gasteiger partial charge in [0.2, 0.25) is 6.79 Å². The number of benzene rings is 1. The molecule has 4 rings (SSSR count). The molecule has 1 fully saturated rings. The second kappa shape index (κ2) is 6.94. The Balaban J connectivity index is 1.44. The normalized spacial score (nSPS) is 15.8. The molecule has 0 spiro atoms. The van der Waals surface area contributed by atoms with E-state index in [1.807, 2.05) is 36.9 Å². The minimum atomic E-state index is 0.0146. The van der Waals surface area contributed by atoms with E-state index in [0.29, 0.717) is 30.2 Å². The Hall–Kier alpha value is -3.03. The fourth-order valence-corrected chi connectivity index (χ4v) is 3.28. The van der Waals surface area contributed by atoms with Crippen LogP contribution in [0.5, 0.6) is 11.5 Å². The number of carbonyl (C=O) groups excluding carboxylic acids is 1. The van der Waals surface area contributed by atoms with Crippen molar-refractivity contribution in [3.05, 3.63) is 35.7 Å². The number of piperazine rings is 1. The van der Waals surface area contributed by atoms with E-state index in [0.717, 1.165) is 30.5 Å². The highest BCUT2D eigenvalue weighted by atomic mass is 16.7. The first-order chi connectivity index (χ1) is 13.0. The van der Waals surface area contributed by atoms with E-state index in [-0.39, 0.29) is 12.7 Å². The van der Waals surface area contributed by atoms with E-state index in [1.54, 1.807) is 18.2 Å². The van der Waals surface area contributed by atoms with Crippen LogP contribution >= 0.6 is 0 Å². The van der Waals surface area contributed by atoms with Crippen molar-refractivity contribution in [2.24, 2.45) is 0 Å². The third kappa shape index (κ3) is 3.47. The van der Waals surface area contributed by atoms with Crippen LogP contribution in [-0.2, 0) is 0 Å². The Bertz CT molecular complexity index is 862. The van der Waals surface area contributed by atoms with Gasteiger partial charge in [0.05, 0.1) is 0 Å². The van der Waals surface area contributed by atoms with Crippen LogP contribution < -0.4 is 19.3 Å². The zero-order valence-corrected chi connectivity index (χ0v) is 15.8. The fourth-order valence-electron chi connectivity index (χ4n) is 3.28. The number of hydrogen-bond donors (Lipinski definition) is 0. The number of nitrogens with zero attached hydrogens (tertiary/aromatic N) is 5. The lowest BCUT2D eigenvalue weighted by atomic mass is 10.1. The van der Waals surface area contributed by atoms with Crippen LogP contribution in [0.1, 0.15) is 16.2 Å². The number of amides is 1. The van der Waals surface area contributed by atoms with Gasteiger partial charge in [-0.1, -0.05) is 0 Å². The lowest BCUT2D eigenvalue weighted by Crippen LogP contribution is -2.49. The van der Waals surface area contributed by atoms with Crippen LogP contribution in [0.3, 0.4) is 0 Å². The lowest BCUT2D eigenvalue weighted by Gasteiger charge is -2.35. The quantitative estimate of drug-likeness (QED) is 0.813. The van der Waals surface area contributed by atoms with E-state index in [1.165, 1.54) is 0 Å². The highest BCUT2D eigenvalue weighted by Crippen LogP contribution is 2.33. The molecule has 8 nitrogen and oxygen atoms in total. The van der Waals surface area contributed by atoms with Gasteiger partial charge in [-0.05, 0) is 25.1 Å². The first-order valence-corrected chi connectivity index (χ1v) is 8.98. The lowest BCUT2D eigenvalue weighted by molar-refractivity contribution is 0.0746. The molecule has 8 heteroatoms. The van der Waals surface area contributed by atoms with Crippen molar-refractivity contribution in [1.82, 2.24) is 14.9 Å². The molecule has 0 radical (unpaired) electrons. The average Bonchev–Trinajstić information content (AvgIpc) is 3.15. The molecule has 0 unspecified atom stereocenters. The molecular formula is C19H23N5O3. The molecule has 0 N–H and O–H groups in total. The van der Waals surface area contributed by atoms with Gasteiger partial charge in [0.1, 0.15) is 17.5 Å². The van der Waals surface area contributed by atoms with Crippen LogP contribution in [0.4, 0.5) is 11.6 Å². The third-order valence-electron chi connectivity index (χ3n) is 4.78. The maximum absolute atomic E-state index is 12.8. The number of carbonyl (C=O) groups is 1. The summed E-state index contributed by atoms with van der Waals surface area (Å²) in [5.41, 5.74) is 0.625. The van der Waals surface area contributed by atoms with E-state index in [2.05, 4.69) is 14.9 Å². The first kappa shape index (κ1) is 17.4. The molecule has 2 aliphatic heterocycles. The zero-order chi connectivity index (χ0) is 19.0. The number of rotatable bonds is 3. The molecular weight excluding hydrogens is 346 g/mol. The largest absolute Gasteiger partial charge is 0.454 e. The standard InChI is InChI=1S/C19H23N5O3/c1-13-20-17(22(2)3)11-18(21-13)23-6-8-24(9-7-23)19(25)14-4-5-15-16(10-14)27-12-26-15/h4-5,10-11H,6-9,12H2,1-3H3. The van der Waals surface area contributed by atoms with Crippen LogP contribution in [-0.4, -0.2) is 67.8 Å². The predicted molar refractivity (Wildman–Crippen MR) is 102 cm³/mol. The molecule has 0 aliphatic carbocycles. The summed E-state index contributed by atoms with van der Waals surface area (Å²) in [5, 5.41) is 0. The molecule has 0 saturated carbocycles. The van der Waals surface area contributed by atoms with Crippen LogP contribution in [0.2, 0.25) is 0 Å². The molecule has 1 aromatic heterocycles. The molecule has 2 aromatic rings. The minimum absolute atomic E-state index is 0.0146. The van der Waals surface area contributed by atoms with Crippen molar-refractivity contribution in [3.63, 3.8) is 0 Å². The number of anilines is 2. The van der Waals surface area contributed by atoms with Crippen molar-refractivity contribution in [2.45, 2.75) is 6.92 Å². The molecule has 1 amide bonds. The van der Waals surface area contributed by atoms with Gasteiger partial charge < -0.3 is 24.2 Å². The van der Waals surface area contributed by atoms with E-state index >= 15 is 0 Å². The van der Waals surface area contributed by atoms with Crippen molar-refractivity contribution in [3.8, 4) is 11.5 Å². The van der Waals surface area contributed by atoms with Crippen molar-refractivity contribution in [2.75, 3.05) is 56.9 Å². The Labute approximate surface area is 158 Å². The number of ether oxygens (including phenoxy) is 2. The van der Waals surface area contributed by atoms with Gasteiger partial charge in [0, 0.05) is 51.9 Å². The molecule has 142 valence electrons. The summed E-state index contributed by atoms with van der Waals surface area (Å²) >= 11 is 0. The number of aryl methyl sites for hydroxylation is 1. The second-order valence-corrected chi connectivity index (χ2v) is 6.87. The minimum Gasteiger partial charge on any atom is -0.454 e. The van der Waals surface area contributed by atoms with E-state index in [9.17, 15) is 4.79 Å². The van der Waals surface area contributed by atoms with E-state index in [4.69, 9.17) is 9.47 Å². The van der Waals surface area contributed by atoms with Gasteiger partial charge in [-0.15, -0.1) is 0 Å². The summed E-state index contributed by atoms with van der Waals surface area (Å²) in [6, 6.07) is 7.33. The SMILES string of the molecule is Cc1nc(N(C)C)cc(N2CCN(C(=O)c3ccc4c(c3)OCO4)CC2)n1. The fraction of sp³-hybridized carbons (Fsp3) is 0.421. The van der Waals surface area contributed by atoms with Gasteiger partial charge in [-0.3, -0.25) is 4.79 Å². The Morgan fingerprint density at radius 3 is 2.52 bits per heavy atom. The monoisotopic (exact) mass is 369 g/mol. The van der Waals surface area contributed by atoms with Gasteiger partial charge in [-0.2, -0.15) is 0 Å². The van der Waals surface area contributed by atoms with Crippen LogP contribution in [0.15, 0.2) is 24.3 Å². The summed E-state index contributed by atoms with van der Waals surface area (Å²) in [5.74, 6) is 3.87. The van der Waals surface area contributed by atoms with Crippen molar-refractivity contribution in [1.29, 1.82) is 0 Å². The molecule has 0 bridgehead atoms. The topological polar surface area (TPSA) is 71.0 Å². The van der Waals surface area contributed by atoms with Crippen LogP contribution in [0, 0.1) is 6.92 Å². The van der Waals surface area contributed by atoms with Crippen LogP contribution in [0.25, 0.3) is 0 Å². The summed E-state index contributed by atoms with van der Waals surface area (Å²) in [4.78, 5) is 27.9. The van der Waals surface area contributed by atoms with Crippen molar-refractivity contribution < 1.29 is 14.3 Å². The smallest absolute Gasteiger partial charge is 0.254 e. The summed E-state index contributed by atoms with van der Waals surface area (Å²) in [6.07, 6.45) is 0. The molecule has 0 atom stereocenters. The van der Waals surface area contributed by atoms with Crippen molar-refractivity contribution >= 4 is 17.5 Å². The van der Waals surface area contributed by atoms with Gasteiger partial charge >= 0.3 is 0 Å². The maximum atomic E-state index is 12.8. The molecule has 27 heavy (non-hydrogen) atoms. The third-order valence-corrected chi connectivity index (χ3v) is 4.78. The predicted octanol–water partition coefficient (Wildman–Crippen LogP) is 1.54. The Kier molecular flexibility index (Phi) is 4.47. The van der Waals surface area contributed by atoms with Gasteiger partial charge in [0.15, 0.2) is 11.5 Å². The molecule has 2 aliphatic rings. The highest BCUT2D eigenvalue weighted by Gasteiger charge is 2.25. The number of hydrogen-bond acceptors (Lipinski definition) is 7. The Morgan fingerprint density at radius 1 is 1.04 bits per heavy atom. The van der Waals surface area contributed by atoms with Gasteiger partial charge in [0.25, 0.3) is 5.91 Å². The summed E-state index contributed by atoms with van der Waals surface area (Å²) in [6.45, 7) is 4.87. The zero-order valence-electron chi connectivity index (χ0n) is 15.8. The second-order valence-electron chi connectivity index (χ2n) is 6.87. The molecule has 1 aromatic carbocycles. The number of aromatic nitrogens is 2. The summed E-state index contributed by atoms with van der Waals surface area (Å²) in [7, 11) is 3.93. The Morgan fingerprint density at radius 2 is 1.78 bits per heavy atom. The average molecular weight is 369 g/mol. The van der Waals surface area contributed by atoms with E-state index < -0.39 is 0 Å². The summed E-state index contributed by atoms with van der Waals surface area (Å²) < 4.78 is 10.7. The molecule has 3 heterocycles. The maximum Gasteiger partial charge on any atom is 0.254 e. The number of fused-ring (bicyclic) bond motifs is 1.